The van der Waals surface area contributed by atoms with Gasteiger partial charge in [-0.2, -0.15) is 4.99 Å². The number of halogens is 4. The van der Waals surface area contributed by atoms with E-state index in [0.29, 0.717) is 28.3 Å². The fourth-order valence-electron chi connectivity index (χ4n) is 4.48. The first-order valence-corrected chi connectivity index (χ1v) is 14.4. The van der Waals surface area contributed by atoms with E-state index in [-0.39, 0.29) is 34.9 Å². The number of nitrogens with one attached hydrogen (secondary N) is 1. The molecule has 44 heavy (non-hydrogen) atoms. The fourth-order valence-corrected chi connectivity index (χ4v) is 5.34. The lowest BCUT2D eigenvalue weighted by atomic mass is 10.0. The van der Waals surface area contributed by atoms with Gasteiger partial charge in [0.05, 0.1) is 17.1 Å². The normalized spacial score (nSPS) is 15.2. The Hall–Kier alpha value is -4.72. The smallest absolute Gasteiger partial charge is 0.406 e. The van der Waals surface area contributed by atoms with Gasteiger partial charge in [-0.05, 0) is 47.4 Å². The number of para-hydroxylation sites is 1. The van der Waals surface area contributed by atoms with Crippen LogP contribution in [0, 0.1) is 0 Å². The minimum atomic E-state index is -4.78. The topological polar surface area (TPSA) is 102 Å². The summed E-state index contributed by atoms with van der Waals surface area (Å²) in [7, 11) is 0. The van der Waals surface area contributed by atoms with E-state index < -0.39 is 18.7 Å². The number of thioether (sulfide) groups is 1. The number of rotatable bonds is 8. The molecule has 9 nitrogen and oxygen atoms in total. The van der Waals surface area contributed by atoms with E-state index in [2.05, 4.69) is 25.1 Å². The van der Waals surface area contributed by atoms with Gasteiger partial charge in [0.15, 0.2) is 17.3 Å². The summed E-state index contributed by atoms with van der Waals surface area (Å²) < 4.78 is 57.3. The monoisotopic (exact) mass is 626 g/mol. The van der Waals surface area contributed by atoms with Crippen molar-refractivity contribution >= 4 is 34.6 Å². The van der Waals surface area contributed by atoms with Crippen molar-refractivity contribution in [3.63, 3.8) is 0 Å². The number of ether oxygens (including phenoxy) is 1. The van der Waals surface area contributed by atoms with Gasteiger partial charge in [0.1, 0.15) is 12.1 Å². The molecule has 0 radical (unpaired) electrons. The number of anilines is 1. The first kappa shape index (κ1) is 30.7. The Morgan fingerprint density at radius 2 is 1.77 bits per heavy atom. The maximum Gasteiger partial charge on any atom is 0.573 e. The van der Waals surface area contributed by atoms with Crippen LogP contribution in [-0.4, -0.2) is 50.3 Å². The molecule has 5 rings (SSSR count). The SMILES string of the molecule is CC(C)c1ccccc1N1C(=O)CSC1=NC(=O)NC(F)Cc1ccc(-c2ncn(-c3ccc(OC(F)(F)F)cc3)n2)cc1. The molecule has 228 valence electrons. The number of urea groups is 1. The van der Waals surface area contributed by atoms with E-state index in [0.717, 1.165) is 17.3 Å². The molecule has 0 spiro atoms. The molecule has 0 saturated carbocycles. The number of carbonyl (C=O) groups excluding carboxylic acids is 2. The minimum absolute atomic E-state index is 0.125. The summed E-state index contributed by atoms with van der Waals surface area (Å²) in [5, 5.41) is 6.76. The van der Waals surface area contributed by atoms with Crippen LogP contribution in [0.3, 0.4) is 0 Å². The Morgan fingerprint density at radius 3 is 2.45 bits per heavy atom. The summed E-state index contributed by atoms with van der Waals surface area (Å²) in [6.07, 6.45) is -5.24. The number of aromatic nitrogens is 3. The van der Waals surface area contributed by atoms with Gasteiger partial charge in [-0.15, -0.1) is 18.3 Å². The number of carbonyl (C=O) groups is 2. The van der Waals surface area contributed by atoms with E-state index in [1.807, 2.05) is 26.0 Å². The first-order chi connectivity index (χ1) is 21.0. The summed E-state index contributed by atoms with van der Waals surface area (Å²) in [5.41, 5.74) is 3.27. The highest BCUT2D eigenvalue weighted by Crippen LogP contribution is 2.33. The number of alkyl halides is 4. The van der Waals surface area contributed by atoms with Crippen molar-refractivity contribution in [2.24, 2.45) is 4.99 Å². The zero-order valence-electron chi connectivity index (χ0n) is 23.5. The molecule has 1 atom stereocenters. The van der Waals surface area contributed by atoms with Gasteiger partial charge >= 0.3 is 12.4 Å². The molecule has 0 bridgehead atoms. The number of benzene rings is 3. The van der Waals surface area contributed by atoms with Crippen LogP contribution in [0.2, 0.25) is 0 Å². The molecule has 1 saturated heterocycles. The lowest BCUT2D eigenvalue weighted by Gasteiger charge is -2.21. The molecule has 1 aliphatic heterocycles. The van der Waals surface area contributed by atoms with Crippen molar-refractivity contribution in [3.05, 3.63) is 90.3 Å². The van der Waals surface area contributed by atoms with E-state index in [4.69, 9.17) is 0 Å². The second kappa shape index (κ2) is 12.9. The molecule has 4 aromatic rings. The summed E-state index contributed by atoms with van der Waals surface area (Å²) in [4.78, 5) is 34.8. The number of hydrogen-bond donors (Lipinski definition) is 1. The maximum atomic E-state index is 14.8. The maximum absolute atomic E-state index is 14.8. The molecule has 1 aromatic heterocycles. The second-order valence-electron chi connectivity index (χ2n) is 10.00. The zero-order valence-corrected chi connectivity index (χ0v) is 24.3. The molecule has 1 unspecified atom stereocenters. The van der Waals surface area contributed by atoms with Crippen LogP contribution in [0.5, 0.6) is 5.75 Å². The number of amides is 3. The Morgan fingerprint density at radius 1 is 1.07 bits per heavy atom. The van der Waals surface area contributed by atoms with Crippen LogP contribution in [0.15, 0.2) is 84.1 Å². The van der Waals surface area contributed by atoms with Crippen LogP contribution in [0.4, 0.5) is 28.0 Å². The minimum Gasteiger partial charge on any atom is -0.406 e. The van der Waals surface area contributed by atoms with Gasteiger partial charge in [-0.3, -0.25) is 9.69 Å². The van der Waals surface area contributed by atoms with Gasteiger partial charge in [0.2, 0.25) is 5.91 Å². The largest absolute Gasteiger partial charge is 0.573 e. The highest BCUT2D eigenvalue weighted by Gasteiger charge is 2.33. The van der Waals surface area contributed by atoms with Gasteiger partial charge in [0.25, 0.3) is 0 Å². The van der Waals surface area contributed by atoms with Crippen molar-refractivity contribution in [2.45, 2.75) is 38.8 Å². The average Bonchev–Trinajstić information content (AvgIpc) is 3.60. The van der Waals surface area contributed by atoms with Crippen molar-refractivity contribution in [1.82, 2.24) is 20.1 Å². The molecule has 2 heterocycles. The van der Waals surface area contributed by atoms with Crippen molar-refractivity contribution < 1.29 is 31.9 Å². The average molecular weight is 627 g/mol. The molecule has 0 aliphatic carbocycles. The highest BCUT2D eigenvalue weighted by molar-refractivity contribution is 8.15. The number of amidine groups is 1. The molecule has 3 amide bonds. The van der Waals surface area contributed by atoms with Crippen molar-refractivity contribution in [1.29, 1.82) is 0 Å². The first-order valence-electron chi connectivity index (χ1n) is 13.4. The number of nitrogens with zero attached hydrogens (tertiary/aromatic N) is 5. The predicted molar refractivity (Wildman–Crippen MR) is 159 cm³/mol. The molecule has 3 aromatic carbocycles. The van der Waals surface area contributed by atoms with Crippen LogP contribution in [0.1, 0.15) is 30.9 Å². The lowest BCUT2D eigenvalue weighted by Crippen LogP contribution is -2.34. The molecule has 14 heteroatoms. The summed E-state index contributed by atoms with van der Waals surface area (Å²) in [6, 6.07) is 18.4. The van der Waals surface area contributed by atoms with Crippen LogP contribution in [0.25, 0.3) is 17.1 Å². The quantitative estimate of drug-likeness (QED) is 0.174. The van der Waals surface area contributed by atoms with Crippen LogP contribution in [-0.2, 0) is 11.2 Å². The van der Waals surface area contributed by atoms with Gasteiger partial charge < -0.3 is 10.1 Å². The lowest BCUT2D eigenvalue weighted by molar-refractivity contribution is -0.274. The van der Waals surface area contributed by atoms with E-state index in [1.54, 1.807) is 36.4 Å². The molecular weight excluding hydrogens is 600 g/mol. The van der Waals surface area contributed by atoms with Crippen LogP contribution >= 0.6 is 11.8 Å². The van der Waals surface area contributed by atoms with Crippen molar-refractivity contribution in [3.8, 4) is 22.8 Å². The van der Waals surface area contributed by atoms with Gasteiger partial charge in [0, 0.05) is 12.0 Å². The summed E-state index contributed by atoms with van der Waals surface area (Å²) in [6.45, 7) is 4.00. The fraction of sp³-hybridized carbons (Fsp3) is 0.233. The Balaban J connectivity index is 1.19. The van der Waals surface area contributed by atoms with Gasteiger partial charge in [-0.1, -0.05) is 68.1 Å². The highest BCUT2D eigenvalue weighted by atomic mass is 32.2. The standard InChI is InChI=1S/C30H26F4N6O3S/c1-18(2)23-5-3-4-6-24(23)40-26(41)16-44-29(40)37-28(42)36-25(31)15-19-7-9-20(10-8-19)27-35-17-39(38-27)21-11-13-22(14-12-21)43-30(32,33)34/h3-14,17-18,25H,15-16H2,1-2H3,(H,36,42). The summed E-state index contributed by atoms with van der Waals surface area (Å²) in [5.74, 6) is 0.0454. The molecule has 1 aliphatic rings. The molecule has 1 N–H and O–H groups in total. The second-order valence-corrected chi connectivity index (χ2v) is 10.9. The van der Waals surface area contributed by atoms with E-state index >= 15 is 0 Å². The van der Waals surface area contributed by atoms with Crippen molar-refractivity contribution in [2.75, 3.05) is 10.7 Å². The third-order valence-electron chi connectivity index (χ3n) is 6.50. The Bertz CT molecular complexity index is 1670. The van der Waals surface area contributed by atoms with Crippen LogP contribution < -0.4 is 15.0 Å². The third-order valence-corrected chi connectivity index (χ3v) is 7.42. The van der Waals surface area contributed by atoms with E-state index in [9.17, 15) is 27.2 Å². The number of hydrogen-bond acceptors (Lipinski definition) is 6. The third kappa shape index (κ3) is 7.43. The zero-order chi connectivity index (χ0) is 31.4. The molecule has 1 fully saturated rings. The number of aliphatic imine (C=N–C) groups is 1. The Kier molecular flexibility index (Phi) is 8.99. The predicted octanol–water partition coefficient (Wildman–Crippen LogP) is 6.64. The summed E-state index contributed by atoms with van der Waals surface area (Å²) >= 11 is 1.12. The molecular formula is C30H26F4N6O3S. The van der Waals surface area contributed by atoms with E-state index in [1.165, 1.54) is 40.2 Å². The van der Waals surface area contributed by atoms with Gasteiger partial charge in [-0.25, -0.2) is 18.9 Å². The Labute approximate surface area is 254 Å².